The molecule has 156 valence electrons. The van der Waals surface area contributed by atoms with Crippen molar-refractivity contribution >= 4 is 28.6 Å². The van der Waals surface area contributed by atoms with Crippen molar-refractivity contribution in [3.05, 3.63) is 107 Å². The highest BCUT2D eigenvalue weighted by atomic mass is 16.2. The molecule has 0 spiro atoms. The van der Waals surface area contributed by atoms with Crippen molar-refractivity contribution in [2.45, 2.75) is 12.8 Å². The number of rotatable bonds is 3. The summed E-state index contributed by atoms with van der Waals surface area (Å²) in [5, 5.41) is 1.02. The Morgan fingerprint density at radius 2 is 1.44 bits per heavy atom. The Balaban J connectivity index is 1.46. The van der Waals surface area contributed by atoms with Crippen LogP contribution in [0, 0.1) is 12.8 Å². The second-order valence-corrected chi connectivity index (χ2v) is 8.57. The molecule has 32 heavy (non-hydrogen) atoms. The summed E-state index contributed by atoms with van der Waals surface area (Å²) in [5.41, 5.74) is 4.71. The number of imide groups is 1. The summed E-state index contributed by atoms with van der Waals surface area (Å²) in [6.45, 7) is 2.09. The number of hydrogen-bond donors (Lipinski definition) is 0. The number of aryl methyl sites for hydroxylation is 1. The molecule has 2 amide bonds. The van der Waals surface area contributed by atoms with Crippen LogP contribution < -0.4 is 0 Å². The SMILES string of the molecule is Cc1ccc2c(c1)cc1n2C(=O)[C@H](CN2C(=O)c3ccccc3C2=O)[C@H]1c1ccccc1. The van der Waals surface area contributed by atoms with Gasteiger partial charge in [0, 0.05) is 23.5 Å². The van der Waals surface area contributed by atoms with Gasteiger partial charge in [0.2, 0.25) is 5.91 Å². The predicted molar refractivity (Wildman–Crippen MR) is 121 cm³/mol. The maximum Gasteiger partial charge on any atom is 0.261 e. The molecule has 0 N–H and O–H groups in total. The van der Waals surface area contributed by atoms with Crippen molar-refractivity contribution < 1.29 is 14.4 Å². The fourth-order valence-electron chi connectivity index (χ4n) is 5.19. The third-order valence-corrected chi connectivity index (χ3v) is 6.66. The Kier molecular flexibility index (Phi) is 3.96. The van der Waals surface area contributed by atoms with Gasteiger partial charge in [-0.25, -0.2) is 0 Å². The first-order valence-electron chi connectivity index (χ1n) is 10.7. The second-order valence-electron chi connectivity index (χ2n) is 8.57. The summed E-state index contributed by atoms with van der Waals surface area (Å²) in [6, 6.07) is 24.8. The van der Waals surface area contributed by atoms with Gasteiger partial charge in [0.1, 0.15) is 0 Å². The average Bonchev–Trinajstić information content (AvgIpc) is 3.38. The van der Waals surface area contributed by atoms with Crippen LogP contribution in [0.2, 0.25) is 0 Å². The van der Waals surface area contributed by atoms with Gasteiger partial charge in [0.15, 0.2) is 0 Å². The fraction of sp³-hybridized carbons (Fsp3) is 0.148. The summed E-state index contributed by atoms with van der Waals surface area (Å²) in [6.07, 6.45) is 0. The van der Waals surface area contributed by atoms with Gasteiger partial charge in [0.05, 0.1) is 22.6 Å². The van der Waals surface area contributed by atoms with Crippen LogP contribution >= 0.6 is 0 Å². The zero-order valence-electron chi connectivity index (χ0n) is 17.5. The number of hydrogen-bond acceptors (Lipinski definition) is 3. The number of fused-ring (bicyclic) bond motifs is 4. The number of aromatic nitrogens is 1. The van der Waals surface area contributed by atoms with Crippen molar-refractivity contribution in [1.29, 1.82) is 0 Å². The Labute approximate surface area is 184 Å². The van der Waals surface area contributed by atoms with E-state index in [1.165, 1.54) is 4.90 Å². The van der Waals surface area contributed by atoms with Gasteiger partial charge in [-0.1, -0.05) is 54.1 Å². The number of carbonyl (C=O) groups is 3. The van der Waals surface area contributed by atoms with Gasteiger partial charge in [-0.3, -0.25) is 23.9 Å². The van der Waals surface area contributed by atoms with Crippen LogP contribution in [0.4, 0.5) is 0 Å². The molecule has 0 unspecified atom stereocenters. The Bertz CT molecular complexity index is 1400. The Hall–Kier alpha value is -3.99. The maximum absolute atomic E-state index is 13.7. The van der Waals surface area contributed by atoms with E-state index in [1.54, 1.807) is 28.8 Å². The van der Waals surface area contributed by atoms with Gasteiger partial charge in [0.25, 0.3) is 11.8 Å². The minimum Gasteiger partial charge on any atom is -0.283 e. The molecule has 0 bridgehead atoms. The normalized spacial score (nSPS) is 19.7. The molecule has 3 heterocycles. The third-order valence-electron chi connectivity index (χ3n) is 6.66. The summed E-state index contributed by atoms with van der Waals surface area (Å²) < 4.78 is 1.77. The van der Waals surface area contributed by atoms with Crippen LogP contribution in [0.3, 0.4) is 0 Å². The van der Waals surface area contributed by atoms with E-state index >= 15 is 0 Å². The smallest absolute Gasteiger partial charge is 0.261 e. The van der Waals surface area contributed by atoms with Crippen molar-refractivity contribution in [1.82, 2.24) is 9.47 Å². The molecule has 0 fully saturated rings. The van der Waals surface area contributed by atoms with Gasteiger partial charge >= 0.3 is 0 Å². The Morgan fingerprint density at radius 3 is 2.12 bits per heavy atom. The quantitative estimate of drug-likeness (QED) is 0.454. The lowest BCUT2D eigenvalue weighted by molar-refractivity contribution is 0.0611. The van der Waals surface area contributed by atoms with E-state index in [0.29, 0.717) is 11.1 Å². The van der Waals surface area contributed by atoms with Gasteiger partial charge in [-0.2, -0.15) is 0 Å². The highest BCUT2D eigenvalue weighted by molar-refractivity contribution is 6.21. The van der Waals surface area contributed by atoms with Crippen LogP contribution in [0.15, 0.2) is 78.9 Å². The first-order chi connectivity index (χ1) is 15.5. The van der Waals surface area contributed by atoms with Crippen LogP contribution in [0.5, 0.6) is 0 Å². The molecule has 5 heteroatoms. The van der Waals surface area contributed by atoms with E-state index in [-0.39, 0.29) is 30.2 Å². The van der Waals surface area contributed by atoms with E-state index in [9.17, 15) is 14.4 Å². The van der Waals surface area contributed by atoms with Crippen LogP contribution in [0.1, 0.15) is 48.2 Å². The topological polar surface area (TPSA) is 59.4 Å². The first-order valence-corrected chi connectivity index (χ1v) is 10.7. The third kappa shape index (κ3) is 2.54. The molecule has 5 nitrogen and oxygen atoms in total. The van der Waals surface area contributed by atoms with Gasteiger partial charge < -0.3 is 0 Å². The molecular weight excluding hydrogens is 400 g/mol. The fourth-order valence-corrected chi connectivity index (χ4v) is 5.19. The molecule has 0 saturated carbocycles. The Morgan fingerprint density at radius 1 is 0.781 bits per heavy atom. The molecular formula is C27H20N2O3. The summed E-state index contributed by atoms with van der Waals surface area (Å²) in [4.78, 5) is 41.0. The van der Waals surface area contributed by atoms with Crippen LogP contribution in [-0.2, 0) is 0 Å². The number of nitrogens with zero attached hydrogens (tertiary/aromatic N) is 2. The zero-order valence-corrected chi connectivity index (χ0v) is 17.5. The highest BCUT2D eigenvalue weighted by Gasteiger charge is 2.46. The lowest BCUT2D eigenvalue weighted by Crippen LogP contribution is -2.38. The predicted octanol–water partition coefficient (Wildman–Crippen LogP) is 4.65. The van der Waals surface area contributed by atoms with E-state index in [1.807, 2.05) is 49.4 Å². The molecule has 3 aromatic carbocycles. The van der Waals surface area contributed by atoms with Crippen LogP contribution in [-0.4, -0.2) is 33.7 Å². The summed E-state index contributed by atoms with van der Waals surface area (Å²) >= 11 is 0. The average molecular weight is 420 g/mol. The molecule has 6 rings (SSSR count). The summed E-state index contributed by atoms with van der Waals surface area (Å²) in [5.74, 6) is -1.52. The minimum atomic E-state index is -0.541. The molecule has 0 radical (unpaired) electrons. The maximum atomic E-state index is 13.7. The number of amides is 2. The minimum absolute atomic E-state index is 0.0553. The van der Waals surface area contributed by atoms with E-state index in [2.05, 4.69) is 12.1 Å². The molecule has 0 saturated heterocycles. The molecule has 2 atom stereocenters. The van der Waals surface area contributed by atoms with Gasteiger partial charge in [-0.15, -0.1) is 0 Å². The lowest BCUT2D eigenvalue weighted by Gasteiger charge is -2.23. The van der Waals surface area contributed by atoms with Gasteiger partial charge in [-0.05, 0) is 42.8 Å². The summed E-state index contributed by atoms with van der Waals surface area (Å²) in [7, 11) is 0. The number of carbonyl (C=O) groups excluding carboxylic acids is 3. The standard InChI is InChI=1S/C27H20N2O3/c1-16-11-12-22-18(13-16)14-23-24(17-7-3-2-4-8-17)21(27(32)29(22)23)15-28-25(30)19-9-5-6-10-20(19)26(28)31/h2-14,21,24H,15H2,1H3/t21-,24-/m1/s1. The van der Waals surface area contributed by atoms with Crippen molar-refractivity contribution in [3.63, 3.8) is 0 Å². The monoisotopic (exact) mass is 420 g/mol. The van der Waals surface area contributed by atoms with Crippen molar-refractivity contribution in [2.24, 2.45) is 5.92 Å². The zero-order chi connectivity index (χ0) is 22.0. The van der Waals surface area contributed by atoms with E-state index in [4.69, 9.17) is 0 Å². The molecule has 0 aliphatic carbocycles. The highest BCUT2D eigenvalue weighted by Crippen LogP contribution is 2.43. The van der Waals surface area contributed by atoms with Crippen LogP contribution in [0.25, 0.3) is 10.9 Å². The molecule has 4 aromatic rings. The second kappa shape index (κ2) is 6.76. The molecule has 2 aliphatic heterocycles. The van der Waals surface area contributed by atoms with Crippen molar-refractivity contribution in [2.75, 3.05) is 6.54 Å². The molecule has 1 aromatic heterocycles. The lowest BCUT2D eigenvalue weighted by atomic mass is 9.85. The first kappa shape index (κ1) is 18.8. The number of benzene rings is 3. The van der Waals surface area contributed by atoms with E-state index in [0.717, 1.165) is 27.7 Å². The largest absolute Gasteiger partial charge is 0.283 e. The molecule has 2 aliphatic rings. The van der Waals surface area contributed by atoms with E-state index < -0.39 is 5.92 Å². The van der Waals surface area contributed by atoms with Crippen molar-refractivity contribution in [3.8, 4) is 0 Å².